The van der Waals surface area contributed by atoms with Crippen molar-refractivity contribution in [2.45, 2.75) is 6.42 Å². The van der Waals surface area contributed by atoms with Crippen LogP contribution in [0.1, 0.15) is 5.56 Å². The maximum Gasteiger partial charge on any atom is 0.417 e. The highest BCUT2D eigenvalue weighted by atomic mass is 16.5. The molecule has 0 amide bonds. The van der Waals surface area contributed by atoms with Crippen molar-refractivity contribution < 1.29 is 9.53 Å². The van der Waals surface area contributed by atoms with E-state index < -0.39 is 0 Å². The van der Waals surface area contributed by atoms with Crippen molar-refractivity contribution in [2.24, 2.45) is 0 Å². The van der Waals surface area contributed by atoms with E-state index in [1.807, 2.05) is 18.2 Å². The summed E-state index contributed by atoms with van der Waals surface area (Å²) in [6, 6.07) is 14.3. The zero-order valence-electron chi connectivity index (χ0n) is 8.27. The first kappa shape index (κ1) is 9.71. The molecule has 0 atom stereocenters. The Bertz CT molecular complexity index is 458. The fourth-order valence-electron chi connectivity index (χ4n) is 1.71. The van der Waals surface area contributed by atoms with Gasteiger partial charge in [-0.05, 0) is 16.3 Å². The zero-order chi connectivity index (χ0) is 10.5. The summed E-state index contributed by atoms with van der Waals surface area (Å²) < 4.78 is 4.58. The Balaban J connectivity index is 2.30. The molecule has 0 unspecified atom stereocenters. The molecule has 75 valence electrons. The van der Waals surface area contributed by atoms with Gasteiger partial charge in [-0.15, -0.1) is 0 Å². The zero-order valence-corrected chi connectivity index (χ0v) is 8.27. The van der Waals surface area contributed by atoms with Gasteiger partial charge in [0.2, 0.25) is 0 Å². The van der Waals surface area contributed by atoms with Gasteiger partial charge in [-0.2, -0.15) is 0 Å². The summed E-state index contributed by atoms with van der Waals surface area (Å²) in [4.78, 5) is 9.91. The highest BCUT2D eigenvalue weighted by Crippen LogP contribution is 2.18. The molecule has 0 spiro atoms. The Morgan fingerprint density at radius 1 is 1.07 bits per heavy atom. The summed E-state index contributed by atoms with van der Waals surface area (Å²) >= 11 is 0. The van der Waals surface area contributed by atoms with E-state index in [1.54, 1.807) is 0 Å². The van der Waals surface area contributed by atoms with Crippen LogP contribution in [-0.4, -0.2) is 13.1 Å². The predicted molar refractivity (Wildman–Crippen MR) is 59.3 cm³/mol. The van der Waals surface area contributed by atoms with Gasteiger partial charge in [-0.25, -0.2) is 4.79 Å². The second-order valence-electron chi connectivity index (χ2n) is 3.32. The van der Waals surface area contributed by atoms with Crippen molar-refractivity contribution in [3.05, 3.63) is 48.0 Å². The fourth-order valence-corrected chi connectivity index (χ4v) is 1.71. The second kappa shape index (κ2) is 4.60. The number of rotatable bonds is 4. The number of ether oxygens (including phenoxy) is 1. The normalized spacial score (nSPS) is 10.1. The summed E-state index contributed by atoms with van der Waals surface area (Å²) in [7, 11) is 0. The summed E-state index contributed by atoms with van der Waals surface area (Å²) in [5.41, 5.74) is 1.20. The smallest absolute Gasteiger partial charge is 0.417 e. The Labute approximate surface area is 88.5 Å². The van der Waals surface area contributed by atoms with Crippen LogP contribution in [0.5, 0.6) is 0 Å². The van der Waals surface area contributed by atoms with Crippen molar-refractivity contribution in [1.82, 2.24) is 0 Å². The maximum absolute atomic E-state index is 9.91. The van der Waals surface area contributed by atoms with Crippen LogP contribution in [-0.2, 0) is 16.0 Å². The highest BCUT2D eigenvalue weighted by molar-refractivity contribution is 5.85. The van der Waals surface area contributed by atoms with Gasteiger partial charge in [0.1, 0.15) is 0 Å². The largest absolute Gasteiger partial charge is 0.457 e. The lowest BCUT2D eigenvalue weighted by atomic mass is 10.0. The van der Waals surface area contributed by atoms with Gasteiger partial charge < -0.3 is 4.74 Å². The standard InChI is InChI=1S/C13H11O2/c14-10-15-9-8-12-6-3-5-11-4-1-2-7-13(11)12/h1-7H,8-9H2. The lowest BCUT2D eigenvalue weighted by Gasteiger charge is -2.04. The van der Waals surface area contributed by atoms with E-state index in [-0.39, 0.29) is 0 Å². The van der Waals surface area contributed by atoms with Gasteiger partial charge in [0, 0.05) is 6.42 Å². The molecule has 2 heteroatoms. The topological polar surface area (TPSA) is 26.3 Å². The molecule has 2 rings (SSSR count). The Kier molecular flexibility index (Phi) is 2.98. The second-order valence-corrected chi connectivity index (χ2v) is 3.32. The van der Waals surface area contributed by atoms with Gasteiger partial charge in [0.15, 0.2) is 0 Å². The summed E-state index contributed by atoms with van der Waals surface area (Å²) in [5, 5.41) is 2.43. The van der Waals surface area contributed by atoms with E-state index >= 15 is 0 Å². The maximum atomic E-state index is 9.91. The average Bonchev–Trinajstić information content (AvgIpc) is 2.30. The van der Waals surface area contributed by atoms with Crippen molar-refractivity contribution in [3.8, 4) is 0 Å². The monoisotopic (exact) mass is 199 g/mol. The lowest BCUT2D eigenvalue weighted by Crippen LogP contribution is -1.97. The fraction of sp³-hybridized carbons (Fsp3) is 0.154. The molecular formula is C13H11O2. The van der Waals surface area contributed by atoms with E-state index in [0.29, 0.717) is 6.61 Å². The van der Waals surface area contributed by atoms with Crippen LogP contribution in [0.25, 0.3) is 10.8 Å². The van der Waals surface area contributed by atoms with Crippen LogP contribution in [0.3, 0.4) is 0 Å². The molecular weight excluding hydrogens is 188 g/mol. The van der Waals surface area contributed by atoms with Crippen LogP contribution < -0.4 is 0 Å². The third kappa shape index (κ3) is 2.15. The number of carbonyl (C=O) groups excluding carboxylic acids is 1. The van der Waals surface area contributed by atoms with Gasteiger partial charge in [-0.3, -0.25) is 0 Å². The van der Waals surface area contributed by atoms with Crippen LogP contribution in [0.15, 0.2) is 42.5 Å². The van der Waals surface area contributed by atoms with Crippen molar-refractivity contribution in [3.63, 3.8) is 0 Å². The van der Waals surface area contributed by atoms with Crippen molar-refractivity contribution >= 4 is 17.2 Å². The molecule has 2 aromatic carbocycles. The molecule has 15 heavy (non-hydrogen) atoms. The third-order valence-corrected chi connectivity index (χ3v) is 2.41. The molecule has 0 saturated carbocycles. The Morgan fingerprint density at radius 3 is 2.73 bits per heavy atom. The van der Waals surface area contributed by atoms with Crippen LogP contribution in [0.4, 0.5) is 0 Å². The highest BCUT2D eigenvalue weighted by Gasteiger charge is 1.99. The van der Waals surface area contributed by atoms with E-state index in [0.717, 1.165) is 6.42 Å². The van der Waals surface area contributed by atoms with E-state index in [9.17, 15) is 4.79 Å². The number of fused-ring (bicyclic) bond motifs is 1. The third-order valence-electron chi connectivity index (χ3n) is 2.41. The van der Waals surface area contributed by atoms with Crippen LogP contribution in [0.2, 0.25) is 0 Å². The van der Waals surface area contributed by atoms with Gasteiger partial charge in [0.25, 0.3) is 0 Å². The molecule has 2 nitrogen and oxygen atoms in total. The minimum absolute atomic E-state index is 0.386. The first-order valence-electron chi connectivity index (χ1n) is 4.87. The lowest BCUT2D eigenvalue weighted by molar-refractivity contribution is 0.282. The van der Waals surface area contributed by atoms with Crippen molar-refractivity contribution in [2.75, 3.05) is 6.61 Å². The van der Waals surface area contributed by atoms with E-state index in [1.165, 1.54) is 22.8 Å². The quantitative estimate of drug-likeness (QED) is 0.707. The number of benzene rings is 2. The molecule has 0 N–H and O–H groups in total. The molecule has 0 aliphatic rings. The molecule has 1 radical (unpaired) electrons. The first-order chi connectivity index (χ1) is 7.42. The van der Waals surface area contributed by atoms with E-state index in [2.05, 4.69) is 29.0 Å². The predicted octanol–water partition coefficient (Wildman–Crippen LogP) is 2.47. The minimum atomic E-state index is 0.386. The molecule has 2 aromatic rings. The molecule has 0 fully saturated rings. The van der Waals surface area contributed by atoms with E-state index in [4.69, 9.17) is 0 Å². The number of hydrogen-bond donors (Lipinski definition) is 0. The molecule has 0 saturated heterocycles. The summed E-state index contributed by atoms with van der Waals surface area (Å²) in [6.45, 7) is 1.82. The molecule has 0 aliphatic carbocycles. The molecule has 0 bridgehead atoms. The Hall–Kier alpha value is -1.83. The van der Waals surface area contributed by atoms with Gasteiger partial charge >= 0.3 is 6.47 Å². The van der Waals surface area contributed by atoms with Crippen LogP contribution >= 0.6 is 0 Å². The molecule has 0 heterocycles. The van der Waals surface area contributed by atoms with Crippen LogP contribution in [0, 0.1) is 0 Å². The number of hydrogen-bond acceptors (Lipinski definition) is 2. The van der Waals surface area contributed by atoms with Crippen molar-refractivity contribution in [1.29, 1.82) is 0 Å². The summed E-state index contributed by atoms with van der Waals surface area (Å²) in [6.07, 6.45) is 0.733. The first-order valence-corrected chi connectivity index (χ1v) is 4.87. The summed E-state index contributed by atoms with van der Waals surface area (Å²) in [5.74, 6) is 0. The average molecular weight is 199 g/mol. The molecule has 0 aromatic heterocycles. The van der Waals surface area contributed by atoms with Gasteiger partial charge in [-0.1, -0.05) is 42.5 Å². The minimum Gasteiger partial charge on any atom is -0.457 e. The van der Waals surface area contributed by atoms with Gasteiger partial charge in [0.05, 0.1) is 6.61 Å². The Morgan fingerprint density at radius 2 is 1.87 bits per heavy atom. The molecule has 0 aliphatic heterocycles. The SMILES string of the molecule is O=[C]OCCc1cccc2ccccc12.